The number of ether oxygens (including phenoxy) is 4. The third kappa shape index (κ3) is 8.52. The van der Waals surface area contributed by atoms with Gasteiger partial charge in [0.2, 0.25) is 0 Å². The smallest absolute Gasteiger partial charge is 0.417 e. The van der Waals surface area contributed by atoms with Gasteiger partial charge in [-0.15, -0.1) is 0 Å². The Labute approximate surface area is 284 Å². The molecule has 0 saturated carbocycles. The van der Waals surface area contributed by atoms with E-state index < -0.39 is 29.1 Å². The highest BCUT2D eigenvalue weighted by atomic mass is 19.4. The second kappa shape index (κ2) is 15.3. The highest BCUT2D eigenvalue weighted by Crippen LogP contribution is 2.42. The van der Waals surface area contributed by atoms with Crippen molar-refractivity contribution in [3.05, 3.63) is 113 Å². The second-order valence-electron chi connectivity index (χ2n) is 11.2. The first-order chi connectivity index (χ1) is 23.9. The van der Waals surface area contributed by atoms with Gasteiger partial charge in [0.05, 0.1) is 17.5 Å². The first-order valence-electron chi connectivity index (χ1n) is 15.7. The zero-order valence-corrected chi connectivity index (χ0v) is 26.8. The zero-order valence-electron chi connectivity index (χ0n) is 26.8. The molecule has 3 heterocycles. The fraction of sp³-hybridized carbons (Fsp3) is 0.270. The zero-order chi connectivity index (χ0) is 35.9. The van der Waals surface area contributed by atoms with E-state index in [2.05, 4.69) is 4.98 Å². The van der Waals surface area contributed by atoms with Gasteiger partial charge in [0, 0.05) is 54.8 Å². The lowest BCUT2D eigenvalue weighted by Gasteiger charge is -2.20. The Balaban J connectivity index is 0.000000195. The average molecular weight is 694 g/mol. The maximum absolute atomic E-state index is 14.0. The molecule has 1 aromatic heterocycles. The summed E-state index contributed by atoms with van der Waals surface area (Å²) in [5, 5.41) is 0. The monoisotopic (exact) mass is 693 g/mol. The number of hydrogen-bond donors (Lipinski definition) is 0. The molecule has 0 N–H and O–H groups in total. The van der Waals surface area contributed by atoms with E-state index in [9.17, 15) is 36.7 Å². The Morgan fingerprint density at radius 1 is 0.680 bits per heavy atom. The molecule has 50 heavy (non-hydrogen) atoms. The van der Waals surface area contributed by atoms with Crippen LogP contribution in [-0.2, 0) is 6.18 Å². The number of carbonyl (C=O) groups excluding carboxylic acids is 4. The summed E-state index contributed by atoms with van der Waals surface area (Å²) in [6, 6.07) is 14.9. The highest BCUT2D eigenvalue weighted by Gasteiger charge is 2.40. The van der Waals surface area contributed by atoms with Crippen LogP contribution in [0, 0.1) is 0 Å². The number of pyridine rings is 1. The highest BCUT2D eigenvalue weighted by molar-refractivity contribution is 6.04. The molecule has 0 saturated heterocycles. The van der Waals surface area contributed by atoms with Gasteiger partial charge in [0.25, 0.3) is 0 Å². The average Bonchev–Trinajstić information content (AvgIpc) is 3.48. The largest absolute Gasteiger partial charge is 0.486 e. The molecular formula is C37H31F4NO8. The summed E-state index contributed by atoms with van der Waals surface area (Å²) in [7, 11) is 0. The standard InChI is InChI=1S/C19H15F3O4.C18H16FNO4/c20-19(21,22)14-6-2-1-4-12(14)15(23)8-9-16(24)13-5-3-7-17-18(13)26-11-10-25-17;1-2-18(19)23-16-6-3-13(11-17(16)24-18)15(22)5-4-14(21)12-7-9-20-10-8-12/h1-7H,8-11H2;3,6-11H,2,4-5H2,1H3. The minimum atomic E-state index is -4.63. The first kappa shape index (κ1) is 35.7. The Morgan fingerprint density at radius 2 is 1.28 bits per heavy atom. The molecule has 0 aliphatic carbocycles. The van der Waals surface area contributed by atoms with E-state index in [4.69, 9.17) is 18.9 Å². The van der Waals surface area contributed by atoms with Crippen molar-refractivity contribution in [2.45, 2.75) is 51.2 Å². The van der Waals surface area contributed by atoms with Crippen molar-refractivity contribution in [2.75, 3.05) is 13.2 Å². The van der Waals surface area contributed by atoms with Gasteiger partial charge in [0.1, 0.15) is 13.2 Å². The third-order valence-electron chi connectivity index (χ3n) is 7.77. The molecule has 260 valence electrons. The van der Waals surface area contributed by atoms with Crippen LogP contribution in [-0.4, -0.2) is 47.4 Å². The van der Waals surface area contributed by atoms with E-state index in [1.165, 1.54) is 36.7 Å². The van der Waals surface area contributed by atoms with Gasteiger partial charge in [0.15, 0.2) is 46.1 Å². The number of nitrogens with zero attached hydrogens (tertiary/aromatic N) is 1. The Kier molecular flexibility index (Phi) is 10.9. The van der Waals surface area contributed by atoms with Crippen molar-refractivity contribution in [2.24, 2.45) is 0 Å². The summed E-state index contributed by atoms with van der Waals surface area (Å²) in [5.74, 6) is -0.229. The van der Waals surface area contributed by atoms with Gasteiger partial charge >= 0.3 is 12.2 Å². The van der Waals surface area contributed by atoms with E-state index in [-0.39, 0.29) is 66.5 Å². The van der Waals surface area contributed by atoms with Crippen molar-refractivity contribution in [3.8, 4) is 23.0 Å². The molecule has 2 aliphatic rings. The van der Waals surface area contributed by atoms with Gasteiger partial charge in [-0.05, 0) is 48.5 Å². The van der Waals surface area contributed by atoms with E-state index in [0.717, 1.165) is 12.1 Å². The van der Waals surface area contributed by atoms with Crippen LogP contribution in [0.25, 0.3) is 0 Å². The quantitative estimate of drug-likeness (QED) is 0.114. The third-order valence-corrected chi connectivity index (χ3v) is 7.77. The number of para-hydroxylation sites is 1. The summed E-state index contributed by atoms with van der Waals surface area (Å²) in [6.07, 6.45) is -1.91. The minimum Gasteiger partial charge on any atom is -0.486 e. The van der Waals surface area contributed by atoms with E-state index in [1.807, 2.05) is 0 Å². The summed E-state index contributed by atoms with van der Waals surface area (Å²) in [6.45, 7) is 2.27. The molecule has 1 unspecified atom stereocenters. The van der Waals surface area contributed by atoms with Crippen LogP contribution in [0.5, 0.6) is 23.0 Å². The van der Waals surface area contributed by atoms with Gasteiger partial charge in [-0.25, -0.2) is 0 Å². The number of aromatic nitrogens is 1. The van der Waals surface area contributed by atoms with Gasteiger partial charge < -0.3 is 18.9 Å². The summed E-state index contributed by atoms with van der Waals surface area (Å²) >= 11 is 0. The number of hydrogen-bond acceptors (Lipinski definition) is 9. The van der Waals surface area contributed by atoms with Crippen molar-refractivity contribution in [1.29, 1.82) is 0 Å². The summed E-state index contributed by atoms with van der Waals surface area (Å²) in [4.78, 5) is 52.8. The van der Waals surface area contributed by atoms with Crippen LogP contribution in [0.3, 0.4) is 0 Å². The van der Waals surface area contributed by atoms with Crippen LogP contribution in [0.2, 0.25) is 0 Å². The lowest BCUT2D eigenvalue weighted by molar-refractivity contribution is -0.191. The Hall–Kier alpha value is -5.59. The fourth-order valence-corrected chi connectivity index (χ4v) is 5.16. The molecule has 9 nitrogen and oxygen atoms in total. The number of carbonyl (C=O) groups is 4. The Morgan fingerprint density at radius 3 is 1.98 bits per heavy atom. The number of fused-ring (bicyclic) bond motifs is 2. The Bertz CT molecular complexity index is 1900. The predicted octanol–water partition coefficient (Wildman–Crippen LogP) is 8.05. The molecule has 4 aromatic rings. The number of Topliss-reactive ketones (excluding diaryl/α,β-unsaturated/α-hetero) is 4. The van der Waals surface area contributed by atoms with E-state index >= 15 is 0 Å². The van der Waals surface area contributed by atoms with Crippen molar-refractivity contribution in [1.82, 2.24) is 4.98 Å². The van der Waals surface area contributed by atoms with E-state index in [0.29, 0.717) is 35.8 Å². The summed E-state index contributed by atoms with van der Waals surface area (Å²) in [5.41, 5.74) is -0.276. The van der Waals surface area contributed by atoms with Gasteiger partial charge in [-0.1, -0.05) is 31.2 Å². The second-order valence-corrected chi connectivity index (χ2v) is 11.2. The maximum Gasteiger partial charge on any atom is 0.417 e. The SMILES string of the molecule is CCC1(F)Oc2ccc(C(=O)CCC(=O)c3ccncc3)cc2O1.O=C(CCC(=O)c1cccc2c1OCCO2)c1ccccc1C(F)(F)F. The van der Waals surface area contributed by atoms with Crippen LogP contribution in [0.4, 0.5) is 17.6 Å². The van der Waals surface area contributed by atoms with Crippen LogP contribution in [0.15, 0.2) is 85.2 Å². The fourth-order valence-electron chi connectivity index (χ4n) is 5.16. The molecule has 0 radical (unpaired) electrons. The summed E-state index contributed by atoms with van der Waals surface area (Å²) < 4.78 is 74.1. The van der Waals surface area contributed by atoms with Crippen LogP contribution < -0.4 is 18.9 Å². The van der Waals surface area contributed by atoms with E-state index in [1.54, 1.807) is 43.3 Å². The lowest BCUT2D eigenvalue weighted by Crippen LogP contribution is -2.31. The molecule has 0 amide bonds. The number of rotatable bonds is 11. The normalized spacial score (nSPS) is 15.8. The minimum absolute atomic E-state index is 0.0331. The van der Waals surface area contributed by atoms with Crippen molar-refractivity contribution >= 4 is 23.1 Å². The van der Waals surface area contributed by atoms with Crippen LogP contribution >= 0.6 is 0 Å². The van der Waals surface area contributed by atoms with Crippen molar-refractivity contribution < 1.29 is 55.7 Å². The lowest BCUT2D eigenvalue weighted by atomic mass is 9.97. The number of benzene rings is 3. The predicted molar refractivity (Wildman–Crippen MR) is 171 cm³/mol. The topological polar surface area (TPSA) is 118 Å². The molecule has 2 aliphatic heterocycles. The van der Waals surface area contributed by atoms with Gasteiger partial charge in [-0.2, -0.15) is 17.6 Å². The van der Waals surface area contributed by atoms with Gasteiger partial charge in [-0.3, -0.25) is 24.2 Å². The molecular weight excluding hydrogens is 662 g/mol. The molecule has 0 fully saturated rings. The number of halogens is 4. The molecule has 1 atom stereocenters. The number of ketones is 4. The molecule has 13 heteroatoms. The van der Waals surface area contributed by atoms with Crippen molar-refractivity contribution in [3.63, 3.8) is 0 Å². The number of alkyl halides is 4. The first-order valence-corrected chi connectivity index (χ1v) is 15.7. The molecule has 6 rings (SSSR count). The molecule has 0 spiro atoms. The molecule has 0 bridgehead atoms. The maximum atomic E-state index is 14.0. The van der Waals surface area contributed by atoms with Crippen LogP contribution in [0.1, 0.15) is 86.0 Å². The molecule has 3 aromatic carbocycles.